The molecule has 1 amide bonds. The van der Waals surface area contributed by atoms with Gasteiger partial charge in [-0.2, -0.15) is 0 Å². The Morgan fingerprint density at radius 2 is 2.00 bits per heavy atom. The molecule has 0 saturated heterocycles. The zero-order valence-electron chi connectivity index (χ0n) is 12.5. The van der Waals surface area contributed by atoms with E-state index in [1.807, 2.05) is 0 Å². The Hall–Kier alpha value is -0.570. The van der Waals surface area contributed by atoms with Gasteiger partial charge in [-0.3, -0.25) is 4.79 Å². The molecule has 1 aliphatic rings. The first kappa shape index (κ1) is 15.5. The first-order valence-electron chi connectivity index (χ1n) is 7.37. The van der Waals surface area contributed by atoms with Gasteiger partial charge in [-0.15, -0.1) is 0 Å². The molecule has 0 aromatic carbocycles. The van der Waals surface area contributed by atoms with Crippen LogP contribution in [-0.4, -0.2) is 18.0 Å². The van der Waals surface area contributed by atoms with Gasteiger partial charge in [0.2, 0.25) is 5.91 Å². The van der Waals surface area contributed by atoms with Crippen LogP contribution in [-0.2, 0) is 4.79 Å². The highest BCUT2D eigenvalue weighted by Crippen LogP contribution is 2.39. The molecule has 1 saturated carbocycles. The molecule has 2 atom stereocenters. The van der Waals surface area contributed by atoms with Gasteiger partial charge in [0.1, 0.15) is 0 Å². The van der Waals surface area contributed by atoms with Crippen molar-refractivity contribution in [1.29, 1.82) is 0 Å². The van der Waals surface area contributed by atoms with Crippen LogP contribution in [0.25, 0.3) is 0 Å². The van der Waals surface area contributed by atoms with Crippen LogP contribution >= 0.6 is 0 Å². The summed E-state index contributed by atoms with van der Waals surface area (Å²) in [5.74, 6) is 0.535. The number of nitrogens with two attached hydrogens (primary N) is 1. The number of carbonyl (C=O) groups is 1. The van der Waals surface area contributed by atoms with Gasteiger partial charge >= 0.3 is 0 Å². The minimum absolute atomic E-state index is 0.162. The van der Waals surface area contributed by atoms with Gasteiger partial charge in [-0.1, -0.05) is 34.1 Å². The Kier molecular flexibility index (Phi) is 5.20. The van der Waals surface area contributed by atoms with Crippen LogP contribution in [0, 0.1) is 11.3 Å². The molecule has 2 unspecified atom stereocenters. The topological polar surface area (TPSA) is 55.1 Å². The van der Waals surface area contributed by atoms with Gasteiger partial charge in [0.25, 0.3) is 0 Å². The van der Waals surface area contributed by atoms with Crippen LogP contribution < -0.4 is 11.1 Å². The Morgan fingerprint density at radius 3 is 2.50 bits per heavy atom. The predicted molar refractivity (Wildman–Crippen MR) is 76.2 cm³/mol. The lowest BCUT2D eigenvalue weighted by Gasteiger charge is -2.32. The lowest BCUT2D eigenvalue weighted by molar-refractivity contribution is -0.125. The van der Waals surface area contributed by atoms with Gasteiger partial charge in [-0.25, -0.2) is 0 Å². The Labute approximate surface area is 112 Å². The highest BCUT2D eigenvalue weighted by molar-refractivity contribution is 5.84. The highest BCUT2D eigenvalue weighted by atomic mass is 16.1. The van der Waals surface area contributed by atoms with Gasteiger partial charge in [0.05, 0.1) is 5.54 Å². The summed E-state index contributed by atoms with van der Waals surface area (Å²) in [4.78, 5) is 11.9. The minimum atomic E-state index is -0.448. The number of rotatable bonds is 4. The molecule has 3 N–H and O–H groups in total. The Bertz CT molecular complexity index is 283. The Balaban J connectivity index is 2.75. The van der Waals surface area contributed by atoms with Crippen LogP contribution in [0.1, 0.15) is 66.2 Å². The number of hydrogen-bond donors (Lipinski definition) is 2. The van der Waals surface area contributed by atoms with E-state index < -0.39 is 5.54 Å². The quantitative estimate of drug-likeness (QED) is 0.758. The third-order valence-corrected chi connectivity index (χ3v) is 4.49. The minimum Gasteiger partial charge on any atom is -0.368 e. The van der Waals surface area contributed by atoms with E-state index >= 15 is 0 Å². The maximum absolute atomic E-state index is 11.9. The van der Waals surface area contributed by atoms with Crippen molar-refractivity contribution < 1.29 is 4.79 Å². The fourth-order valence-corrected chi connectivity index (χ4v) is 3.08. The lowest BCUT2D eigenvalue weighted by Crippen LogP contribution is -2.55. The van der Waals surface area contributed by atoms with E-state index in [1.54, 1.807) is 0 Å². The van der Waals surface area contributed by atoms with Crippen molar-refractivity contribution in [3.63, 3.8) is 0 Å². The van der Waals surface area contributed by atoms with Gasteiger partial charge in [-0.05, 0) is 50.0 Å². The number of amides is 1. The first-order chi connectivity index (χ1) is 8.32. The first-order valence-corrected chi connectivity index (χ1v) is 7.37. The molecule has 1 aliphatic carbocycles. The van der Waals surface area contributed by atoms with E-state index in [2.05, 4.69) is 33.0 Å². The fraction of sp³-hybridized carbons (Fsp3) is 0.933. The largest absolute Gasteiger partial charge is 0.368 e. The summed E-state index contributed by atoms with van der Waals surface area (Å²) in [6.45, 7) is 9.90. The van der Waals surface area contributed by atoms with Crippen molar-refractivity contribution in [1.82, 2.24) is 5.32 Å². The summed E-state index contributed by atoms with van der Waals surface area (Å²) >= 11 is 0. The van der Waals surface area contributed by atoms with Gasteiger partial charge in [0, 0.05) is 0 Å². The zero-order valence-corrected chi connectivity index (χ0v) is 12.5. The SMILES string of the molecule is CCCNC1(C(N)=O)CCCC(C(C)(C)C)CC1. The second kappa shape index (κ2) is 6.05. The van der Waals surface area contributed by atoms with E-state index in [-0.39, 0.29) is 5.91 Å². The molecule has 3 nitrogen and oxygen atoms in total. The molecule has 0 heterocycles. The van der Waals surface area contributed by atoms with E-state index in [1.165, 1.54) is 6.42 Å². The normalized spacial score (nSPS) is 29.9. The molecule has 18 heavy (non-hydrogen) atoms. The predicted octanol–water partition coefficient (Wildman–Crippen LogP) is 2.84. The molecule has 106 valence electrons. The second-order valence-electron chi connectivity index (χ2n) is 6.87. The number of carbonyl (C=O) groups excluding carboxylic acids is 1. The number of hydrogen-bond acceptors (Lipinski definition) is 2. The summed E-state index contributed by atoms with van der Waals surface area (Å²) in [6.07, 6.45) is 6.24. The van der Waals surface area contributed by atoms with Crippen LogP contribution in [0.15, 0.2) is 0 Å². The van der Waals surface area contributed by atoms with Crippen LogP contribution in [0.5, 0.6) is 0 Å². The number of nitrogens with one attached hydrogen (secondary N) is 1. The Morgan fingerprint density at radius 1 is 1.33 bits per heavy atom. The maximum atomic E-state index is 11.9. The van der Waals surface area contributed by atoms with Gasteiger partial charge < -0.3 is 11.1 Å². The van der Waals surface area contributed by atoms with Crippen molar-refractivity contribution in [3.05, 3.63) is 0 Å². The standard InChI is InChI=1S/C15H30N2O/c1-5-11-17-15(13(16)18)9-6-7-12(8-10-15)14(2,3)4/h12,17H,5-11H2,1-4H3,(H2,16,18). The highest BCUT2D eigenvalue weighted by Gasteiger charge is 2.39. The third kappa shape index (κ3) is 3.71. The van der Waals surface area contributed by atoms with E-state index in [9.17, 15) is 4.79 Å². The average molecular weight is 254 g/mol. The van der Waals surface area contributed by atoms with E-state index in [0.717, 1.165) is 38.6 Å². The smallest absolute Gasteiger partial charge is 0.237 e. The summed E-state index contributed by atoms with van der Waals surface area (Å²) in [5.41, 5.74) is 5.55. The summed E-state index contributed by atoms with van der Waals surface area (Å²) in [5, 5.41) is 3.42. The molecule has 0 radical (unpaired) electrons. The number of primary amides is 1. The van der Waals surface area contributed by atoms with Crippen molar-refractivity contribution in [2.24, 2.45) is 17.1 Å². The summed E-state index contributed by atoms with van der Waals surface area (Å²) in [6, 6.07) is 0. The van der Waals surface area contributed by atoms with Crippen molar-refractivity contribution >= 4 is 5.91 Å². The van der Waals surface area contributed by atoms with E-state index in [4.69, 9.17) is 5.73 Å². The van der Waals surface area contributed by atoms with Crippen molar-refractivity contribution in [2.75, 3.05) is 6.54 Å². The molecule has 0 spiro atoms. The van der Waals surface area contributed by atoms with Crippen LogP contribution in [0.2, 0.25) is 0 Å². The maximum Gasteiger partial charge on any atom is 0.237 e. The molecular formula is C15H30N2O. The summed E-state index contributed by atoms with van der Waals surface area (Å²) < 4.78 is 0. The van der Waals surface area contributed by atoms with Crippen LogP contribution in [0.3, 0.4) is 0 Å². The third-order valence-electron chi connectivity index (χ3n) is 4.49. The molecule has 0 aromatic rings. The molecule has 0 aliphatic heterocycles. The summed E-state index contributed by atoms with van der Waals surface area (Å²) in [7, 11) is 0. The van der Waals surface area contributed by atoms with Crippen molar-refractivity contribution in [2.45, 2.75) is 71.8 Å². The molecule has 1 fully saturated rings. The molecule has 3 heteroatoms. The van der Waals surface area contributed by atoms with Crippen molar-refractivity contribution in [3.8, 4) is 0 Å². The lowest BCUT2D eigenvalue weighted by atomic mass is 9.76. The molecule has 0 bridgehead atoms. The average Bonchev–Trinajstić information content (AvgIpc) is 2.49. The monoisotopic (exact) mass is 254 g/mol. The van der Waals surface area contributed by atoms with E-state index in [0.29, 0.717) is 11.3 Å². The second-order valence-corrected chi connectivity index (χ2v) is 6.87. The van der Waals surface area contributed by atoms with Crippen LogP contribution in [0.4, 0.5) is 0 Å². The molecular weight excluding hydrogens is 224 g/mol. The molecule has 0 aromatic heterocycles. The fourth-order valence-electron chi connectivity index (χ4n) is 3.08. The van der Waals surface area contributed by atoms with Gasteiger partial charge in [0.15, 0.2) is 0 Å². The molecule has 1 rings (SSSR count). The zero-order chi connectivity index (χ0) is 13.8.